The molecule has 8 nitrogen and oxygen atoms in total. The Morgan fingerprint density at radius 3 is 2.62 bits per heavy atom. The van der Waals surface area contributed by atoms with E-state index in [1.807, 2.05) is 6.92 Å². The summed E-state index contributed by atoms with van der Waals surface area (Å²) in [4.78, 5) is 37.4. The van der Waals surface area contributed by atoms with Gasteiger partial charge in [-0.15, -0.1) is 0 Å². The summed E-state index contributed by atoms with van der Waals surface area (Å²) in [5.41, 5.74) is -0.253. The van der Waals surface area contributed by atoms with Gasteiger partial charge in [0.05, 0.1) is 10.5 Å². The average Bonchev–Trinajstić information content (AvgIpc) is 3.24. The Morgan fingerprint density at radius 1 is 1.24 bits per heavy atom. The van der Waals surface area contributed by atoms with E-state index in [-0.39, 0.29) is 16.8 Å². The van der Waals surface area contributed by atoms with Crippen LogP contribution in [0.5, 0.6) is 0 Å². The summed E-state index contributed by atoms with van der Waals surface area (Å²) in [5.74, 6) is -1.03. The van der Waals surface area contributed by atoms with Crippen molar-refractivity contribution < 1.29 is 24.0 Å². The van der Waals surface area contributed by atoms with Crippen molar-refractivity contribution in [3.8, 4) is 0 Å². The van der Waals surface area contributed by atoms with Crippen LogP contribution in [-0.4, -0.2) is 33.2 Å². The minimum Gasteiger partial charge on any atom is -0.507 e. The van der Waals surface area contributed by atoms with Gasteiger partial charge in [0.15, 0.2) is 0 Å². The lowest BCUT2D eigenvalue weighted by Crippen LogP contribution is -2.30. The first kappa shape index (κ1) is 20.3. The third-order valence-corrected chi connectivity index (χ3v) is 4.90. The van der Waals surface area contributed by atoms with Crippen LogP contribution in [0.3, 0.4) is 0 Å². The van der Waals surface area contributed by atoms with Crippen LogP contribution in [0.2, 0.25) is 0 Å². The zero-order chi connectivity index (χ0) is 21.1. The number of furan rings is 1. The Labute approximate surface area is 167 Å². The maximum atomic E-state index is 12.8. The molecule has 3 rings (SSSR count). The number of amides is 1. The largest absolute Gasteiger partial charge is 0.507 e. The van der Waals surface area contributed by atoms with Crippen LogP contribution < -0.4 is 0 Å². The monoisotopic (exact) mass is 398 g/mol. The Kier molecular flexibility index (Phi) is 5.81. The van der Waals surface area contributed by atoms with Crippen molar-refractivity contribution in [2.24, 2.45) is 0 Å². The summed E-state index contributed by atoms with van der Waals surface area (Å²) < 4.78 is 5.68. The maximum absolute atomic E-state index is 12.8. The van der Waals surface area contributed by atoms with Gasteiger partial charge >= 0.3 is 0 Å². The third kappa shape index (κ3) is 3.91. The first-order valence-corrected chi connectivity index (χ1v) is 9.44. The van der Waals surface area contributed by atoms with Crippen LogP contribution in [0.25, 0.3) is 5.76 Å². The number of benzene rings is 1. The summed E-state index contributed by atoms with van der Waals surface area (Å²) in [7, 11) is 0. The molecule has 2 aromatic rings. The van der Waals surface area contributed by atoms with Gasteiger partial charge in [-0.05, 0) is 25.5 Å². The normalized spacial score (nSPS) is 18.4. The highest BCUT2D eigenvalue weighted by molar-refractivity contribution is 6.46. The van der Waals surface area contributed by atoms with Gasteiger partial charge in [0.1, 0.15) is 23.3 Å². The molecule has 1 aromatic carbocycles. The molecule has 1 amide bonds. The van der Waals surface area contributed by atoms with Crippen LogP contribution in [-0.2, 0) is 9.59 Å². The molecule has 1 N–H and O–H groups in total. The number of non-ortho nitro benzene ring substituents is 1. The summed E-state index contributed by atoms with van der Waals surface area (Å²) >= 11 is 0. The molecule has 2 heterocycles. The zero-order valence-corrected chi connectivity index (χ0v) is 16.3. The molecule has 1 saturated heterocycles. The number of likely N-dealkylation sites (tertiary alicyclic amines) is 1. The molecule has 1 fully saturated rings. The van der Waals surface area contributed by atoms with E-state index in [0.717, 1.165) is 12.8 Å². The van der Waals surface area contributed by atoms with Gasteiger partial charge in [0, 0.05) is 24.2 Å². The van der Waals surface area contributed by atoms with E-state index in [9.17, 15) is 24.8 Å². The van der Waals surface area contributed by atoms with Gasteiger partial charge in [-0.25, -0.2) is 0 Å². The maximum Gasteiger partial charge on any atom is 0.295 e. The SMILES string of the molecule is CCCCCN1C(=O)C(=O)/C(=C(\O)c2cccc([N+](=O)[O-])c2)C1c1ccc(C)o1. The van der Waals surface area contributed by atoms with Crippen molar-refractivity contribution in [1.29, 1.82) is 0 Å². The molecule has 0 bridgehead atoms. The number of nitrogens with zero attached hydrogens (tertiary/aromatic N) is 2. The molecular weight excluding hydrogens is 376 g/mol. The minimum absolute atomic E-state index is 0.0963. The van der Waals surface area contributed by atoms with Crippen LogP contribution >= 0.6 is 0 Å². The van der Waals surface area contributed by atoms with Crippen LogP contribution in [0.15, 0.2) is 46.4 Å². The fourth-order valence-corrected chi connectivity index (χ4v) is 3.46. The quantitative estimate of drug-likeness (QED) is 0.187. The Bertz CT molecular complexity index is 991. The standard InChI is InChI=1S/C21H22N2O6/c1-3-4-5-11-22-18(16-10-9-13(2)29-16)17(20(25)21(22)26)19(24)14-7-6-8-15(12-14)23(27)28/h6-10,12,18,24H,3-5,11H2,1-2H3/b19-17-. The third-order valence-electron chi connectivity index (χ3n) is 4.90. The molecule has 8 heteroatoms. The fourth-order valence-electron chi connectivity index (χ4n) is 3.46. The van der Waals surface area contributed by atoms with Gasteiger partial charge < -0.3 is 14.4 Å². The number of ketones is 1. The minimum atomic E-state index is -0.875. The summed E-state index contributed by atoms with van der Waals surface area (Å²) in [6.45, 7) is 4.12. The van der Waals surface area contributed by atoms with Crippen molar-refractivity contribution in [2.75, 3.05) is 6.54 Å². The molecule has 152 valence electrons. The number of unbranched alkanes of at least 4 members (excludes halogenated alkanes) is 2. The first-order valence-electron chi connectivity index (χ1n) is 9.44. The predicted octanol–water partition coefficient (Wildman–Crippen LogP) is 4.11. The zero-order valence-electron chi connectivity index (χ0n) is 16.3. The summed E-state index contributed by atoms with van der Waals surface area (Å²) in [6.07, 6.45) is 2.54. The molecule has 1 aromatic heterocycles. The van der Waals surface area contributed by atoms with Gasteiger partial charge in [-0.1, -0.05) is 31.9 Å². The number of Topliss-reactive ketones (excluding diaryl/α,β-unsaturated/α-hetero) is 1. The number of carbonyl (C=O) groups is 2. The molecule has 0 aliphatic carbocycles. The lowest BCUT2D eigenvalue weighted by atomic mass is 9.99. The van der Waals surface area contributed by atoms with Crippen molar-refractivity contribution in [3.63, 3.8) is 0 Å². The summed E-state index contributed by atoms with van der Waals surface area (Å²) in [6, 6.07) is 7.83. The van der Waals surface area contributed by atoms with Crippen LogP contribution in [0, 0.1) is 17.0 Å². The van der Waals surface area contributed by atoms with Crippen molar-refractivity contribution >= 4 is 23.1 Å². The van der Waals surface area contributed by atoms with E-state index >= 15 is 0 Å². The number of nitro benzene ring substituents is 1. The van der Waals surface area contributed by atoms with Gasteiger partial charge in [-0.2, -0.15) is 0 Å². The second kappa shape index (κ2) is 8.30. The number of nitro groups is 1. The number of aliphatic hydroxyl groups excluding tert-OH is 1. The summed E-state index contributed by atoms with van der Waals surface area (Å²) in [5, 5.41) is 21.9. The Hall–Kier alpha value is -3.42. The Morgan fingerprint density at radius 2 is 2.00 bits per heavy atom. The van der Waals surface area contributed by atoms with Crippen molar-refractivity contribution in [1.82, 2.24) is 4.90 Å². The number of aliphatic hydroxyl groups is 1. The number of hydrogen-bond acceptors (Lipinski definition) is 6. The highest BCUT2D eigenvalue weighted by Gasteiger charge is 2.47. The van der Waals surface area contributed by atoms with E-state index in [1.165, 1.54) is 29.2 Å². The van der Waals surface area contributed by atoms with Crippen molar-refractivity contribution in [3.05, 3.63) is 69.2 Å². The number of hydrogen-bond donors (Lipinski definition) is 1. The second-order valence-electron chi connectivity index (χ2n) is 6.96. The topological polar surface area (TPSA) is 114 Å². The van der Waals surface area contributed by atoms with E-state index in [4.69, 9.17) is 4.42 Å². The molecule has 0 radical (unpaired) electrons. The highest BCUT2D eigenvalue weighted by Crippen LogP contribution is 2.40. The lowest BCUT2D eigenvalue weighted by Gasteiger charge is -2.23. The predicted molar refractivity (Wildman–Crippen MR) is 105 cm³/mol. The Balaban J connectivity index is 2.12. The van der Waals surface area contributed by atoms with E-state index in [1.54, 1.807) is 19.1 Å². The number of aryl methyl sites for hydroxylation is 1. The van der Waals surface area contributed by atoms with Crippen LogP contribution in [0.1, 0.15) is 49.3 Å². The van der Waals surface area contributed by atoms with E-state index < -0.39 is 28.4 Å². The molecule has 1 atom stereocenters. The van der Waals surface area contributed by atoms with E-state index in [2.05, 4.69) is 0 Å². The molecule has 1 aliphatic heterocycles. The fraction of sp³-hybridized carbons (Fsp3) is 0.333. The lowest BCUT2D eigenvalue weighted by molar-refractivity contribution is -0.384. The first-order chi connectivity index (χ1) is 13.8. The highest BCUT2D eigenvalue weighted by atomic mass is 16.6. The van der Waals surface area contributed by atoms with Gasteiger partial charge in [0.25, 0.3) is 17.4 Å². The molecular formula is C21H22N2O6. The molecule has 0 spiro atoms. The van der Waals surface area contributed by atoms with Gasteiger partial charge in [0.2, 0.25) is 0 Å². The molecule has 0 saturated carbocycles. The van der Waals surface area contributed by atoms with Gasteiger partial charge in [-0.3, -0.25) is 19.7 Å². The molecule has 29 heavy (non-hydrogen) atoms. The number of rotatable bonds is 7. The molecule has 1 unspecified atom stereocenters. The average molecular weight is 398 g/mol. The number of carbonyl (C=O) groups excluding carboxylic acids is 2. The van der Waals surface area contributed by atoms with E-state index in [0.29, 0.717) is 24.5 Å². The second-order valence-corrected chi connectivity index (χ2v) is 6.96. The van der Waals surface area contributed by atoms with Crippen molar-refractivity contribution in [2.45, 2.75) is 39.2 Å². The van der Waals surface area contributed by atoms with Crippen LogP contribution in [0.4, 0.5) is 5.69 Å². The smallest absolute Gasteiger partial charge is 0.295 e. The molecule has 1 aliphatic rings.